The molecule has 1 spiro atoms. The van der Waals surface area contributed by atoms with Gasteiger partial charge in [0.15, 0.2) is 5.60 Å². The van der Waals surface area contributed by atoms with Crippen LogP contribution in [0.2, 0.25) is 0 Å². The molecule has 110 valence electrons. The number of hydrogen-bond acceptors (Lipinski definition) is 1. The van der Waals surface area contributed by atoms with Gasteiger partial charge in [-0.25, -0.2) is 0 Å². The summed E-state index contributed by atoms with van der Waals surface area (Å²) < 4.78 is 7.43. The molecule has 0 aromatic heterocycles. The van der Waals surface area contributed by atoms with Gasteiger partial charge in [-0.2, -0.15) is 0 Å². The maximum atomic E-state index is 6.36. The van der Waals surface area contributed by atoms with Gasteiger partial charge in [-0.1, -0.05) is 70.5 Å². The standard InChI is InChI=1S/C21H13BrO/c22-15-9-10-17-16-6-2-4-8-19(16)21(20(17)13-15)18-7-3-1-5-14(18)11-12-23-21/h1-13H. The number of benzene rings is 3. The van der Waals surface area contributed by atoms with E-state index in [1.165, 1.54) is 33.4 Å². The zero-order valence-electron chi connectivity index (χ0n) is 12.3. The maximum absolute atomic E-state index is 6.36. The van der Waals surface area contributed by atoms with Crippen LogP contribution in [0.15, 0.2) is 77.5 Å². The summed E-state index contributed by atoms with van der Waals surface area (Å²) in [5.41, 5.74) is 6.76. The van der Waals surface area contributed by atoms with Crippen LogP contribution in [-0.2, 0) is 10.3 Å². The monoisotopic (exact) mass is 360 g/mol. The summed E-state index contributed by atoms with van der Waals surface area (Å²) in [7, 11) is 0. The average Bonchev–Trinajstić information content (AvgIpc) is 2.86. The zero-order chi connectivity index (χ0) is 15.4. The average molecular weight is 361 g/mol. The molecule has 3 aromatic carbocycles. The van der Waals surface area contributed by atoms with E-state index in [1.54, 1.807) is 0 Å². The van der Waals surface area contributed by atoms with Gasteiger partial charge in [0, 0.05) is 21.2 Å². The van der Waals surface area contributed by atoms with Crippen molar-refractivity contribution in [3.8, 4) is 11.1 Å². The van der Waals surface area contributed by atoms with Crippen molar-refractivity contribution < 1.29 is 4.74 Å². The van der Waals surface area contributed by atoms with E-state index in [0.717, 1.165) is 4.47 Å². The van der Waals surface area contributed by atoms with Gasteiger partial charge in [0.25, 0.3) is 0 Å². The molecule has 3 aromatic rings. The van der Waals surface area contributed by atoms with E-state index in [9.17, 15) is 0 Å². The SMILES string of the molecule is Brc1ccc2c(c1)C1(OC=Cc3ccccc31)c1ccccc1-2. The zero-order valence-corrected chi connectivity index (χ0v) is 13.9. The molecule has 5 rings (SSSR count). The highest BCUT2D eigenvalue weighted by Crippen LogP contribution is 2.55. The van der Waals surface area contributed by atoms with E-state index in [1.807, 2.05) is 12.3 Å². The molecule has 2 aliphatic rings. The van der Waals surface area contributed by atoms with Crippen LogP contribution in [-0.4, -0.2) is 0 Å². The highest BCUT2D eigenvalue weighted by atomic mass is 79.9. The van der Waals surface area contributed by atoms with Gasteiger partial charge >= 0.3 is 0 Å². The summed E-state index contributed by atoms with van der Waals surface area (Å²) in [5.74, 6) is 0. The van der Waals surface area contributed by atoms with Crippen molar-refractivity contribution in [2.75, 3.05) is 0 Å². The van der Waals surface area contributed by atoms with E-state index in [-0.39, 0.29) is 0 Å². The Morgan fingerprint density at radius 3 is 2.39 bits per heavy atom. The lowest BCUT2D eigenvalue weighted by Gasteiger charge is -2.35. The van der Waals surface area contributed by atoms with E-state index < -0.39 is 5.60 Å². The molecule has 1 atom stereocenters. The number of halogens is 1. The summed E-state index contributed by atoms with van der Waals surface area (Å²) in [6.07, 6.45) is 3.87. The second-order valence-electron chi connectivity index (χ2n) is 5.92. The number of hydrogen-bond donors (Lipinski definition) is 0. The predicted octanol–water partition coefficient (Wildman–Crippen LogP) is 5.72. The minimum Gasteiger partial charge on any atom is -0.481 e. The minimum atomic E-state index is -0.555. The third kappa shape index (κ3) is 1.62. The van der Waals surface area contributed by atoms with Crippen molar-refractivity contribution in [3.63, 3.8) is 0 Å². The van der Waals surface area contributed by atoms with Crippen molar-refractivity contribution in [2.45, 2.75) is 5.60 Å². The summed E-state index contributed by atoms with van der Waals surface area (Å²) in [4.78, 5) is 0. The van der Waals surface area contributed by atoms with Crippen LogP contribution in [0.1, 0.15) is 22.3 Å². The molecule has 0 amide bonds. The topological polar surface area (TPSA) is 9.23 Å². The predicted molar refractivity (Wildman–Crippen MR) is 96.0 cm³/mol. The van der Waals surface area contributed by atoms with Gasteiger partial charge in [-0.05, 0) is 34.9 Å². The second-order valence-corrected chi connectivity index (χ2v) is 6.84. The molecule has 1 nitrogen and oxygen atoms in total. The Bertz CT molecular complexity index is 973. The smallest absolute Gasteiger partial charge is 0.185 e. The largest absolute Gasteiger partial charge is 0.481 e. The van der Waals surface area contributed by atoms with Gasteiger partial charge in [0.2, 0.25) is 0 Å². The molecule has 0 saturated heterocycles. The number of ether oxygens (including phenoxy) is 1. The third-order valence-corrected chi connectivity index (χ3v) is 5.28. The molecule has 0 fully saturated rings. The molecule has 1 aliphatic carbocycles. The summed E-state index contributed by atoms with van der Waals surface area (Å²) >= 11 is 3.63. The number of rotatable bonds is 0. The van der Waals surface area contributed by atoms with Crippen LogP contribution in [0, 0.1) is 0 Å². The van der Waals surface area contributed by atoms with Crippen molar-refractivity contribution in [1.29, 1.82) is 0 Å². The van der Waals surface area contributed by atoms with Crippen LogP contribution in [0.5, 0.6) is 0 Å². The lowest BCUT2D eigenvalue weighted by molar-refractivity contribution is 0.100. The van der Waals surface area contributed by atoms with Gasteiger partial charge in [0.05, 0.1) is 6.26 Å². The van der Waals surface area contributed by atoms with Crippen molar-refractivity contribution in [1.82, 2.24) is 0 Å². The van der Waals surface area contributed by atoms with Crippen LogP contribution in [0.4, 0.5) is 0 Å². The molecule has 0 radical (unpaired) electrons. The van der Waals surface area contributed by atoms with Crippen LogP contribution in [0.25, 0.3) is 17.2 Å². The van der Waals surface area contributed by atoms with Gasteiger partial charge in [0.1, 0.15) is 0 Å². The Balaban J connectivity index is 1.95. The molecule has 1 heterocycles. The number of fused-ring (bicyclic) bond motifs is 7. The lowest BCUT2D eigenvalue weighted by Crippen LogP contribution is -2.31. The third-order valence-electron chi connectivity index (χ3n) is 4.79. The molecular formula is C21H13BrO. The molecule has 1 unspecified atom stereocenters. The molecule has 0 bridgehead atoms. The molecular weight excluding hydrogens is 348 g/mol. The van der Waals surface area contributed by atoms with Crippen LogP contribution in [0.3, 0.4) is 0 Å². The summed E-state index contributed by atoms with van der Waals surface area (Å²) in [5, 5.41) is 0. The van der Waals surface area contributed by atoms with Gasteiger partial charge in [-0.3, -0.25) is 0 Å². The Labute approximate surface area is 143 Å². The molecule has 0 N–H and O–H groups in total. The highest BCUT2D eigenvalue weighted by Gasteiger charge is 2.48. The quantitative estimate of drug-likeness (QED) is 0.497. The fourth-order valence-corrected chi connectivity index (χ4v) is 4.23. The first kappa shape index (κ1) is 13.1. The second kappa shape index (κ2) is 4.59. The first-order valence-electron chi connectivity index (χ1n) is 7.64. The fourth-order valence-electron chi connectivity index (χ4n) is 3.87. The Hall–Kier alpha value is -2.32. The van der Waals surface area contributed by atoms with E-state index in [0.29, 0.717) is 0 Å². The van der Waals surface area contributed by atoms with Crippen molar-refractivity contribution in [2.24, 2.45) is 0 Å². The van der Waals surface area contributed by atoms with E-state index in [4.69, 9.17) is 4.74 Å². The van der Waals surface area contributed by atoms with Crippen molar-refractivity contribution >= 4 is 22.0 Å². The Morgan fingerprint density at radius 1 is 0.739 bits per heavy atom. The lowest BCUT2D eigenvalue weighted by atomic mass is 9.80. The fraction of sp³-hybridized carbons (Fsp3) is 0.0476. The van der Waals surface area contributed by atoms with E-state index in [2.05, 4.69) is 82.7 Å². The first-order valence-corrected chi connectivity index (χ1v) is 8.44. The van der Waals surface area contributed by atoms with Gasteiger partial charge < -0.3 is 4.74 Å². The summed E-state index contributed by atoms with van der Waals surface area (Å²) in [6.45, 7) is 0. The highest BCUT2D eigenvalue weighted by molar-refractivity contribution is 9.10. The molecule has 1 aliphatic heterocycles. The molecule has 0 saturated carbocycles. The van der Waals surface area contributed by atoms with Crippen LogP contribution >= 0.6 is 15.9 Å². The normalized spacial score (nSPS) is 19.9. The van der Waals surface area contributed by atoms with E-state index >= 15 is 0 Å². The minimum absolute atomic E-state index is 0.555. The Morgan fingerprint density at radius 2 is 1.48 bits per heavy atom. The molecule has 23 heavy (non-hydrogen) atoms. The Kier molecular flexibility index (Phi) is 2.62. The van der Waals surface area contributed by atoms with Crippen LogP contribution < -0.4 is 0 Å². The molecule has 2 heteroatoms. The van der Waals surface area contributed by atoms with Crippen molar-refractivity contribution in [3.05, 3.63) is 99.7 Å². The summed E-state index contributed by atoms with van der Waals surface area (Å²) in [6, 6.07) is 23.5. The van der Waals surface area contributed by atoms with Gasteiger partial charge in [-0.15, -0.1) is 0 Å². The first-order chi connectivity index (χ1) is 11.3. The maximum Gasteiger partial charge on any atom is 0.185 e.